The second-order valence-electron chi connectivity index (χ2n) is 3.56. The Hall–Kier alpha value is -0.880. The van der Waals surface area contributed by atoms with Crippen molar-refractivity contribution in [2.45, 2.75) is 33.4 Å². The monoisotopic (exact) mass is 303 g/mol. The van der Waals surface area contributed by atoms with Gasteiger partial charge in [0, 0.05) is 13.1 Å². The van der Waals surface area contributed by atoms with E-state index in [4.69, 9.17) is 0 Å². The number of carbonyl (C=O) groups is 1. The third-order valence-electron chi connectivity index (χ3n) is 2.48. The van der Waals surface area contributed by atoms with Crippen molar-refractivity contribution in [3.8, 4) is 0 Å². The molecule has 0 aromatic carbocycles. The van der Waals surface area contributed by atoms with Gasteiger partial charge in [-0.25, -0.2) is 0 Å². The predicted molar refractivity (Wildman–Crippen MR) is 68.7 cm³/mol. The normalized spacial score (nSPS) is 10.6. The molecule has 5 nitrogen and oxygen atoms in total. The molecule has 6 heteroatoms. The molecule has 17 heavy (non-hydrogen) atoms. The van der Waals surface area contributed by atoms with Gasteiger partial charge in [0.2, 0.25) is 0 Å². The van der Waals surface area contributed by atoms with E-state index in [0.29, 0.717) is 6.54 Å². The highest BCUT2D eigenvalue weighted by atomic mass is 79.9. The van der Waals surface area contributed by atoms with Gasteiger partial charge in [-0.05, 0) is 29.3 Å². The Balaban J connectivity index is 2.69. The summed E-state index contributed by atoms with van der Waals surface area (Å²) in [4.78, 5) is 11.0. The molecule has 1 heterocycles. The largest absolute Gasteiger partial charge is 0.468 e. The molecule has 0 aliphatic carbocycles. The van der Waals surface area contributed by atoms with Crippen LogP contribution < -0.4 is 5.32 Å². The molecule has 1 aromatic rings. The molecule has 1 N–H and O–H groups in total. The van der Waals surface area contributed by atoms with Gasteiger partial charge in [-0.3, -0.25) is 9.48 Å². The predicted octanol–water partition coefficient (Wildman–Crippen LogP) is 1.49. The fourth-order valence-corrected chi connectivity index (χ4v) is 2.25. The molecule has 96 valence electrons. The van der Waals surface area contributed by atoms with Gasteiger partial charge in [0.15, 0.2) is 0 Å². The van der Waals surface area contributed by atoms with Crippen LogP contribution in [0.5, 0.6) is 0 Å². The van der Waals surface area contributed by atoms with Crippen LogP contribution >= 0.6 is 15.9 Å². The Morgan fingerprint density at radius 2 is 2.24 bits per heavy atom. The van der Waals surface area contributed by atoms with Crippen LogP contribution in [-0.2, 0) is 29.0 Å². The highest BCUT2D eigenvalue weighted by molar-refractivity contribution is 9.10. The average Bonchev–Trinajstić information content (AvgIpc) is 2.65. The van der Waals surface area contributed by atoms with Crippen LogP contribution in [0.1, 0.15) is 25.2 Å². The number of aryl methyl sites for hydroxylation is 2. The molecule has 1 rings (SSSR count). The molecule has 1 aromatic heterocycles. The number of hydrogen-bond donors (Lipinski definition) is 1. The summed E-state index contributed by atoms with van der Waals surface area (Å²) in [5.41, 5.74) is 2.11. The van der Waals surface area contributed by atoms with E-state index in [1.807, 2.05) is 11.6 Å². The molecule has 0 saturated carbocycles. The minimum atomic E-state index is -0.264. The number of nitrogens with zero attached hydrogens (tertiary/aromatic N) is 2. The van der Waals surface area contributed by atoms with Crippen LogP contribution in [-0.4, -0.2) is 29.4 Å². The average molecular weight is 304 g/mol. The maximum atomic E-state index is 11.0. The van der Waals surface area contributed by atoms with Gasteiger partial charge in [-0.1, -0.05) is 6.92 Å². The Morgan fingerprint density at radius 1 is 1.53 bits per heavy atom. The van der Waals surface area contributed by atoms with Crippen molar-refractivity contribution in [1.29, 1.82) is 0 Å². The molecular weight excluding hydrogens is 286 g/mol. The third-order valence-corrected chi connectivity index (χ3v) is 3.40. The van der Waals surface area contributed by atoms with E-state index in [1.54, 1.807) is 0 Å². The summed E-state index contributed by atoms with van der Waals surface area (Å²) in [5, 5.41) is 7.52. The zero-order chi connectivity index (χ0) is 12.8. The van der Waals surface area contributed by atoms with Crippen molar-refractivity contribution in [1.82, 2.24) is 15.1 Å². The standard InChI is InChI=1S/C11H18BrN3O2/c1-4-8-11(12)9(15(5-2)14-8)6-13-7-10(16)17-3/h13H,4-7H2,1-3H3. The van der Waals surface area contributed by atoms with Crippen LogP contribution in [0.25, 0.3) is 0 Å². The number of methoxy groups -OCH3 is 1. The van der Waals surface area contributed by atoms with E-state index in [9.17, 15) is 4.79 Å². The number of halogens is 1. The van der Waals surface area contributed by atoms with Crippen molar-refractivity contribution in [2.75, 3.05) is 13.7 Å². The zero-order valence-electron chi connectivity index (χ0n) is 10.4. The van der Waals surface area contributed by atoms with E-state index < -0.39 is 0 Å². The van der Waals surface area contributed by atoms with Crippen molar-refractivity contribution in [2.24, 2.45) is 0 Å². The summed E-state index contributed by atoms with van der Waals surface area (Å²) in [6, 6.07) is 0. The highest BCUT2D eigenvalue weighted by Gasteiger charge is 2.13. The van der Waals surface area contributed by atoms with Gasteiger partial charge in [0.05, 0.1) is 29.5 Å². The summed E-state index contributed by atoms with van der Waals surface area (Å²) in [6.45, 7) is 5.73. The van der Waals surface area contributed by atoms with E-state index in [-0.39, 0.29) is 12.5 Å². The third kappa shape index (κ3) is 3.54. The Kier molecular flexibility index (Phi) is 5.64. The maximum absolute atomic E-state index is 11.0. The Morgan fingerprint density at radius 3 is 2.76 bits per heavy atom. The second kappa shape index (κ2) is 6.76. The van der Waals surface area contributed by atoms with Crippen LogP contribution in [0.4, 0.5) is 0 Å². The summed E-state index contributed by atoms with van der Waals surface area (Å²) < 4.78 is 7.53. The van der Waals surface area contributed by atoms with Gasteiger partial charge in [-0.15, -0.1) is 0 Å². The summed E-state index contributed by atoms with van der Waals surface area (Å²) in [5.74, 6) is -0.264. The van der Waals surface area contributed by atoms with Crippen LogP contribution in [0.15, 0.2) is 4.47 Å². The summed E-state index contributed by atoms with van der Waals surface area (Å²) >= 11 is 3.55. The molecular formula is C11H18BrN3O2. The molecule has 0 radical (unpaired) electrons. The molecule has 0 aliphatic heterocycles. The molecule has 0 saturated heterocycles. The molecule has 0 unspecified atom stereocenters. The Labute approximate surface area is 110 Å². The van der Waals surface area contributed by atoms with Crippen LogP contribution in [0.3, 0.4) is 0 Å². The first-order valence-electron chi connectivity index (χ1n) is 5.65. The number of aromatic nitrogens is 2. The molecule has 0 amide bonds. The van der Waals surface area contributed by atoms with Crippen molar-refractivity contribution < 1.29 is 9.53 Å². The minimum Gasteiger partial charge on any atom is -0.468 e. The molecule has 0 atom stereocenters. The number of esters is 1. The first-order chi connectivity index (χ1) is 8.13. The number of ether oxygens (including phenoxy) is 1. The smallest absolute Gasteiger partial charge is 0.319 e. The topological polar surface area (TPSA) is 56.2 Å². The van der Waals surface area contributed by atoms with E-state index in [2.05, 4.69) is 38.0 Å². The second-order valence-corrected chi connectivity index (χ2v) is 4.35. The number of rotatable bonds is 6. The van der Waals surface area contributed by atoms with Crippen molar-refractivity contribution >= 4 is 21.9 Å². The van der Waals surface area contributed by atoms with Gasteiger partial charge in [-0.2, -0.15) is 5.10 Å². The first-order valence-corrected chi connectivity index (χ1v) is 6.44. The fraction of sp³-hybridized carbons (Fsp3) is 0.636. The first kappa shape index (κ1) is 14.2. The molecule has 0 bridgehead atoms. The summed E-state index contributed by atoms with van der Waals surface area (Å²) in [7, 11) is 1.38. The van der Waals surface area contributed by atoms with E-state index in [1.165, 1.54) is 7.11 Å². The van der Waals surface area contributed by atoms with Crippen LogP contribution in [0, 0.1) is 0 Å². The van der Waals surface area contributed by atoms with Gasteiger partial charge in [0.1, 0.15) is 0 Å². The lowest BCUT2D eigenvalue weighted by molar-refractivity contribution is -0.139. The molecule has 0 aliphatic rings. The number of hydrogen-bond acceptors (Lipinski definition) is 4. The van der Waals surface area contributed by atoms with Gasteiger partial charge >= 0.3 is 5.97 Å². The van der Waals surface area contributed by atoms with Gasteiger partial charge in [0.25, 0.3) is 0 Å². The fourth-order valence-electron chi connectivity index (χ4n) is 1.54. The maximum Gasteiger partial charge on any atom is 0.319 e. The van der Waals surface area contributed by atoms with Gasteiger partial charge < -0.3 is 10.1 Å². The van der Waals surface area contributed by atoms with Crippen LogP contribution in [0.2, 0.25) is 0 Å². The van der Waals surface area contributed by atoms with Crippen molar-refractivity contribution in [3.05, 3.63) is 15.9 Å². The van der Waals surface area contributed by atoms with E-state index in [0.717, 1.165) is 28.8 Å². The minimum absolute atomic E-state index is 0.208. The molecule has 0 fully saturated rings. The zero-order valence-corrected chi connectivity index (χ0v) is 12.0. The number of carbonyl (C=O) groups excluding carboxylic acids is 1. The lowest BCUT2D eigenvalue weighted by atomic mass is 10.3. The number of nitrogens with one attached hydrogen (secondary N) is 1. The SMILES string of the molecule is CCc1nn(CC)c(CNCC(=O)OC)c1Br. The quantitative estimate of drug-likeness (QED) is 0.809. The van der Waals surface area contributed by atoms with E-state index >= 15 is 0 Å². The Bertz CT molecular complexity index is 390. The lowest BCUT2D eigenvalue weighted by Gasteiger charge is -2.06. The highest BCUT2D eigenvalue weighted by Crippen LogP contribution is 2.22. The molecule has 0 spiro atoms. The lowest BCUT2D eigenvalue weighted by Crippen LogP contribution is -2.24. The van der Waals surface area contributed by atoms with Crippen molar-refractivity contribution in [3.63, 3.8) is 0 Å². The summed E-state index contributed by atoms with van der Waals surface area (Å²) in [6.07, 6.45) is 0.886.